The van der Waals surface area contributed by atoms with Gasteiger partial charge in [-0.2, -0.15) is 5.26 Å². The van der Waals surface area contributed by atoms with Crippen molar-refractivity contribution in [2.24, 2.45) is 0 Å². The third-order valence-electron chi connectivity index (χ3n) is 8.91. The zero-order chi connectivity index (χ0) is 31.6. The molecule has 0 amide bonds. The number of nitrogens with zero attached hydrogens (tertiary/aromatic N) is 2. The highest BCUT2D eigenvalue weighted by Crippen LogP contribution is 2.39. The fourth-order valence-electron chi connectivity index (χ4n) is 5.50. The van der Waals surface area contributed by atoms with Crippen LogP contribution in [0.25, 0.3) is 0 Å². The Kier molecular flexibility index (Phi) is 9.03. The average Bonchev–Trinajstić information content (AvgIpc) is 3.22. The predicted molar refractivity (Wildman–Crippen MR) is 172 cm³/mol. The molecule has 0 radical (unpaired) electrons. The first-order valence-corrected chi connectivity index (χ1v) is 15.0. The number of allylic oxidation sites excluding steroid dienone is 2. The van der Waals surface area contributed by atoms with Gasteiger partial charge in [-0.1, -0.05) is 47.5 Å². The van der Waals surface area contributed by atoms with Gasteiger partial charge in [-0.05, 0) is 82.3 Å². The Balaban J connectivity index is 1.34. The van der Waals surface area contributed by atoms with Crippen LogP contribution >= 0.6 is 11.6 Å². The fourth-order valence-corrected chi connectivity index (χ4v) is 5.72. The molecule has 7 nitrogen and oxygen atoms in total. The number of hydrogen-bond donors (Lipinski definition) is 0. The lowest BCUT2D eigenvalue weighted by Crippen LogP contribution is -2.41. The van der Waals surface area contributed by atoms with Gasteiger partial charge in [0.05, 0.1) is 27.4 Å². The van der Waals surface area contributed by atoms with Crippen molar-refractivity contribution in [3.05, 3.63) is 105 Å². The van der Waals surface area contributed by atoms with Crippen LogP contribution in [0.4, 0.5) is 0 Å². The SMILES string of the molecule is CC1=C(COc2cc(OCc3cncc(C#N)c3)c(C=O)cc2Cl)C=CCC1c1cccc(B2OC(C)(C)C(C)(C)O2)c1C. The van der Waals surface area contributed by atoms with Crippen molar-refractivity contribution in [2.45, 2.75) is 71.7 Å². The van der Waals surface area contributed by atoms with Crippen LogP contribution < -0.4 is 14.9 Å². The first-order valence-electron chi connectivity index (χ1n) is 14.6. The fraction of sp³-hybridized carbons (Fsp3) is 0.343. The van der Waals surface area contributed by atoms with Crippen molar-refractivity contribution in [1.82, 2.24) is 4.98 Å². The monoisotopic (exact) mass is 610 g/mol. The molecule has 0 N–H and O–H groups in total. The Morgan fingerprint density at radius 2 is 1.80 bits per heavy atom. The van der Waals surface area contributed by atoms with E-state index in [1.807, 2.05) is 0 Å². The summed E-state index contributed by atoms with van der Waals surface area (Å²) in [6, 6.07) is 13.3. The number of pyridine rings is 1. The summed E-state index contributed by atoms with van der Waals surface area (Å²) in [6.45, 7) is 13.0. The van der Waals surface area contributed by atoms with Crippen LogP contribution in [0, 0.1) is 18.3 Å². The van der Waals surface area contributed by atoms with Gasteiger partial charge in [0.1, 0.15) is 30.8 Å². The molecule has 0 saturated carbocycles. The molecular weight excluding hydrogens is 575 g/mol. The number of benzene rings is 2. The van der Waals surface area contributed by atoms with Crippen LogP contribution in [0.2, 0.25) is 5.02 Å². The van der Waals surface area contributed by atoms with Gasteiger partial charge >= 0.3 is 7.12 Å². The van der Waals surface area contributed by atoms with Crippen molar-refractivity contribution < 1.29 is 23.6 Å². The maximum atomic E-state index is 11.8. The minimum atomic E-state index is -0.425. The van der Waals surface area contributed by atoms with E-state index in [1.54, 1.807) is 18.3 Å². The molecule has 1 aromatic heterocycles. The van der Waals surface area contributed by atoms with E-state index in [0.717, 1.165) is 23.0 Å². The molecule has 1 aliphatic carbocycles. The summed E-state index contributed by atoms with van der Waals surface area (Å²) in [5.74, 6) is 0.913. The highest BCUT2D eigenvalue weighted by Gasteiger charge is 2.52. The topological polar surface area (TPSA) is 90.7 Å². The lowest BCUT2D eigenvalue weighted by molar-refractivity contribution is 0.00578. The van der Waals surface area contributed by atoms with E-state index in [-0.39, 0.29) is 12.5 Å². The van der Waals surface area contributed by atoms with E-state index in [9.17, 15) is 4.79 Å². The predicted octanol–water partition coefficient (Wildman–Crippen LogP) is 7.04. The number of nitriles is 1. The first kappa shape index (κ1) is 31.5. The maximum absolute atomic E-state index is 11.8. The van der Waals surface area contributed by atoms with Gasteiger partial charge in [-0.3, -0.25) is 9.78 Å². The third-order valence-corrected chi connectivity index (χ3v) is 9.21. The number of hydrogen-bond acceptors (Lipinski definition) is 7. The van der Waals surface area contributed by atoms with Crippen LogP contribution in [0.1, 0.15) is 79.6 Å². The van der Waals surface area contributed by atoms with E-state index in [1.165, 1.54) is 23.4 Å². The summed E-state index contributed by atoms with van der Waals surface area (Å²) in [7, 11) is -0.425. The van der Waals surface area contributed by atoms with Gasteiger partial charge in [0.15, 0.2) is 6.29 Å². The lowest BCUT2D eigenvalue weighted by atomic mass is 9.72. The van der Waals surface area contributed by atoms with Gasteiger partial charge in [0, 0.05) is 29.9 Å². The van der Waals surface area contributed by atoms with E-state index in [0.29, 0.717) is 46.1 Å². The molecule has 1 saturated heterocycles. The summed E-state index contributed by atoms with van der Waals surface area (Å²) in [4.78, 5) is 15.8. The summed E-state index contributed by atoms with van der Waals surface area (Å²) in [5.41, 5.74) is 6.32. The Morgan fingerprint density at radius 3 is 2.50 bits per heavy atom. The second-order valence-corrected chi connectivity index (χ2v) is 12.7. The largest absolute Gasteiger partial charge is 0.495 e. The van der Waals surface area contributed by atoms with Crippen molar-refractivity contribution in [3.8, 4) is 17.6 Å². The van der Waals surface area contributed by atoms with Crippen LogP contribution in [0.5, 0.6) is 11.5 Å². The molecule has 0 spiro atoms. The minimum Gasteiger partial charge on any atom is -0.488 e. The highest BCUT2D eigenvalue weighted by atomic mass is 35.5. The quantitative estimate of drug-likeness (QED) is 0.189. The van der Waals surface area contributed by atoms with Crippen LogP contribution in [-0.4, -0.2) is 36.2 Å². The van der Waals surface area contributed by atoms with Gasteiger partial charge < -0.3 is 18.8 Å². The molecule has 9 heteroatoms. The molecule has 2 aliphatic rings. The first-order chi connectivity index (χ1) is 20.9. The molecule has 1 unspecified atom stereocenters. The number of rotatable bonds is 9. The summed E-state index contributed by atoms with van der Waals surface area (Å²) in [6.07, 6.45) is 8.93. The summed E-state index contributed by atoms with van der Waals surface area (Å²) < 4.78 is 24.9. The number of halogens is 1. The molecule has 2 aromatic carbocycles. The molecule has 44 heavy (non-hydrogen) atoms. The van der Waals surface area contributed by atoms with E-state index < -0.39 is 18.3 Å². The third kappa shape index (κ3) is 6.32. The number of carbonyl (C=O) groups is 1. The van der Waals surface area contributed by atoms with Gasteiger partial charge in [-0.15, -0.1) is 0 Å². The van der Waals surface area contributed by atoms with Crippen molar-refractivity contribution >= 4 is 30.5 Å². The molecule has 3 aromatic rings. The average molecular weight is 611 g/mol. The van der Waals surface area contributed by atoms with Gasteiger partial charge in [-0.25, -0.2) is 0 Å². The minimum absolute atomic E-state index is 0.128. The van der Waals surface area contributed by atoms with Crippen LogP contribution in [0.15, 0.2) is 72.1 Å². The van der Waals surface area contributed by atoms with E-state index in [2.05, 4.69) is 82.9 Å². The standard InChI is InChI=1S/C35H36BClN2O5/c1-22-26(9-7-10-28(22)29-11-8-12-30(23(29)2)36-43-34(3,4)35(5,6)44-36)21-42-33-15-32(27(19-40)14-31(33)37)41-20-25-13-24(16-38)17-39-18-25/h7-9,11-15,17-19,28H,10,20-21H2,1-6H3. The number of aromatic nitrogens is 1. The normalized spacial score (nSPS) is 18.7. The maximum Gasteiger partial charge on any atom is 0.495 e. The summed E-state index contributed by atoms with van der Waals surface area (Å²) >= 11 is 6.51. The number of aldehydes is 1. The number of ether oxygens (including phenoxy) is 2. The molecule has 226 valence electrons. The van der Waals surface area contributed by atoms with Gasteiger partial charge in [0.25, 0.3) is 0 Å². The second kappa shape index (κ2) is 12.6. The van der Waals surface area contributed by atoms with E-state index >= 15 is 0 Å². The second-order valence-electron chi connectivity index (χ2n) is 12.3. The molecule has 1 aliphatic heterocycles. The number of carbonyl (C=O) groups excluding carboxylic acids is 1. The molecule has 5 rings (SSSR count). The molecule has 1 atom stereocenters. The Bertz CT molecular complexity index is 1670. The molecule has 2 heterocycles. The zero-order valence-electron chi connectivity index (χ0n) is 25.9. The van der Waals surface area contributed by atoms with Gasteiger partial charge in [0.2, 0.25) is 0 Å². The van der Waals surface area contributed by atoms with Crippen molar-refractivity contribution in [2.75, 3.05) is 6.61 Å². The Morgan fingerprint density at radius 1 is 1.07 bits per heavy atom. The van der Waals surface area contributed by atoms with Crippen LogP contribution in [0.3, 0.4) is 0 Å². The van der Waals surface area contributed by atoms with E-state index in [4.69, 9.17) is 35.6 Å². The Hall–Kier alpha value is -3.90. The smallest absolute Gasteiger partial charge is 0.488 e. The highest BCUT2D eigenvalue weighted by molar-refractivity contribution is 6.62. The lowest BCUT2D eigenvalue weighted by Gasteiger charge is -2.32. The van der Waals surface area contributed by atoms with Crippen molar-refractivity contribution in [3.63, 3.8) is 0 Å². The molecular formula is C35H36BClN2O5. The Labute approximate surface area is 264 Å². The molecule has 0 bridgehead atoms. The molecule has 1 fully saturated rings. The zero-order valence-corrected chi connectivity index (χ0v) is 26.7. The van der Waals surface area contributed by atoms with Crippen LogP contribution in [-0.2, 0) is 15.9 Å². The summed E-state index contributed by atoms with van der Waals surface area (Å²) in [5, 5.41) is 9.45. The van der Waals surface area contributed by atoms with Crippen molar-refractivity contribution in [1.29, 1.82) is 5.26 Å².